The molecule has 1 aromatic carbocycles. The molecule has 2 aromatic rings. The van der Waals surface area contributed by atoms with E-state index in [0.717, 1.165) is 13.1 Å². The maximum atomic E-state index is 4.52. The van der Waals surface area contributed by atoms with E-state index in [1.807, 2.05) is 0 Å². The molecule has 0 saturated carbocycles. The van der Waals surface area contributed by atoms with Gasteiger partial charge >= 0.3 is 0 Å². The molecular weight excluding hydrogens is 180 g/mol. The maximum absolute atomic E-state index is 4.52. The Morgan fingerprint density at radius 2 is 2.15 bits per heavy atom. The Morgan fingerprint density at radius 3 is 2.92 bits per heavy atom. The third-order valence-electron chi connectivity index (χ3n) is 2.57. The summed E-state index contributed by atoms with van der Waals surface area (Å²) in [7, 11) is 0. The first-order valence-electron chi connectivity index (χ1n) is 4.50. The zero-order valence-corrected chi connectivity index (χ0v) is 7.97. The number of nitrogens with one attached hydrogen (secondary N) is 1. The first kappa shape index (κ1) is 7.47. The lowest BCUT2D eigenvalue weighted by Gasteiger charge is -2.25. The summed E-state index contributed by atoms with van der Waals surface area (Å²) in [6.07, 6.45) is 0. The lowest BCUT2D eigenvalue weighted by atomic mass is 9.97. The van der Waals surface area contributed by atoms with Crippen LogP contribution in [0.1, 0.15) is 11.6 Å². The Hall–Kier alpha value is -0.930. The van der Waals surface area contributed by atoms with Crippen molar-refractivity contribution in [1.82, 2.24) is 9.69 Å². The van der Waals surface area contributed by atoms with Crippen LogP contribution in [-0.4, -0.2) is 17.5 Å². The highest BCUT2D eigenvalue weighted by Gasteiger charge is 2.23. The summed E-state index contributed by atoms with van der Waals surface area (Å²) in [6.45, 7) is 2.18. The predicted octanol–water partition coefficient (Wildman–Crippen LogP) is 1.98. The van der Waals surface area contributed by atoms with Crippen LogP contribution in [-0.2, 0) is 0 Å². The molecule has 1 saturated heterocycles. The zero-order valence-electron chi connectivity index (χ0n) is 7.16. The summed E-state index contributed by atoms with van der Waals surface area (Å²) >= 11 is 1.61. The van der Waals surface area contributed by atoms with Gasteiger partial charge in [-0.2, -0.15) is 4.37 Å². The second kappa shape index (κ2) is 2.79. The molecule has 0 atom stereocenters. The normalized spacial score (nSPS) is 17.5. The molecule has 0 bridgehead atoms. The molecule has 66 valence electrons. The van der Waals surface area contributed by atoms with Crippen molar-refractivity contribution in [3.8, 4) is 0 Å². The molecule has 3 heteroatoms. The van der Waals surface area contributed by atoms with Gasteiger partial charge in [0.1, 0.15) is 0 Å². The summed E-state index contributed by atoms with van der Waals surface area (Å²) in [5.41, 5.74) is 1.29. The van der Waals surface area contributed by atoms with Crippen molar-refractivity contribution >= 4 is 21.6 Å². The average molecular weight is 190 g/mol. The standard InChI is InChI=1S/C10H10N2S/c1-2-4-9-8(3-1)10(12-13-9)7-5-11-6-7/h1-4,7,11H,5-6H2. The molecule has 13 heavy (non-hydrogen) atoms. The zero-order chi connectivity index (χ0) is 8.67. The van der Waals surface area contributed by atoms with E-state index >= 15 is 0 Å². The molecule has 0 amide bonds. The first-order valence-corrected chi connectivity index (χ1v) is 5.27. The van der Waals surface area contributed by atoms with Crippen molar-refractivity contribution in [2.24, 2.45) is 0 Å². The van der Waals surface area contributed by atoms with Crippen molar-refractivity contribution in [2.75, 3.05) is 13.1 Å². The fraction of sp³-hybridized carbons (Fsp3) is 0.300. The summed E-state index contributed by atoms with van der Waals surface area (Å²) < 4.78 is 5.83. The predicted molar refractivity (Wildman–Crippen MR) is 55.2 cm³/mol. The van der Waals surface area contributed by atoms with Crippen LogP contribution in [0.25, 0.3) is 10.1 Å². The van der Waals surface area contributed by atoms with Crippen LogP contribution < -0.4 is 5.32 Å². The van der Waals surface area contributed by atoms with Gasteiger partial charge in [-0.25, -0.2) is 0 Å². The van der Waals surface area contributed by atoms with Crippen LogP contribution in [0.2, 0.25) is 0 Å². The molecule has 3 rings (SSSR count). The van der Waals surface area contributed by atoms with Gasteiger partial charge in [-0.3, -0.25) is 0 Å². The summed E-state index contributed by atoms with van der Waals surface area (Å²) in [5.74, 6) is 0.649. The highest BCUT2D eigenvalue weighted by molar-refractivity contribution is 7.13. The second-order valence-corrected chi connectivity index (χ2v) is 4.22. The van der Waals surface area contributed by atoms with Crippen molar-refractivity contribution < 1.29 is 0 Å². The molecule has 1 aromatic heterocycles. The SMILES string of the molecule is c1ccc2c(C3CNC3)nsc2c1. The number of hydrogen-bond acceptors (Lipinski definition) is 3. The highest BCUT2D eigenvalue weighted by Crippen LogP contribution is 2.29. The molecule has 0 spiro atoms. The van der Waals surface area contributed by atoms with E-state index in [1.165, 1.54) is 15.8 Å². The minimum Gasteiger partial charge on any atom is -0.315 e. The highest BCUT2D eigenvalue weighted by atomic mass is 32.1. The number of fused-ring (bicyclic) bond motifs is 1. The molecular formula is C10H10N2S. The monoisotopic (exact) mass is 190 g/mol. The van der Waals surface area contributed by atoms with Gasteiger partial charge < -0.3 is 5.32 Å². The third-order valence-corrected chi connectivity index (χ3v) is 3.41. The van der Waals surface area contributed by atoms with E-state index in [-0.39, 0.29) is 0 Å². The van der Waals surface area contributed by atoms with Crippen LogP contribution in [0.3, 0.4) is 0 Å². The smallest absolute Gasteiger partial charge is 0.0677 e. The fourth-order valence-electron chi connectivity index (χ4n) is 1.68. The Balaban J connectivity index is 2.17. The second-order valence-electron chi connectivity index (χ2n) is 3.42. The van der Waals surface area contributed by atoms with Crippen molar-refractivity contribution in [2.45, 2.75) is 5.92 Å². The minimum absolute atomic E-state index is 0.649. The van der Waals surface area contributed by atoms with E-state index in [0.29, 0.717) is 5.92 Å². The van der Waals surface area contributed by atoms with Gasteiger partial charge in [0, 0.05) is 24.4 Å². The van der Waals surface area contributed by atoms with E-state index in [1.54, 1.807) is 11.5 Å². The first-order chi connectivity index (χ1) is 6.45. The van der Waals surface area contributed by atoms with Gasteiger partial charge in [0.2, 0.25) is 0 Å². The molecule has 1 aliphatic rings. The van der Waals surface area contributed by atoms with Gasteiger partial charge in [-0.15, -0.1) is 0 Å². The number of aromatic nitrogens is 1. The molecule has 1 fully saturated rings. The molecule has 0 aliphatic carbocycles. The Labute approximate surface area is 80.8 Å². The molecule has 1 aliphatic heterocycles. The van der Waals surface area contributed by atoms with Crippen LogP contribution in [0.5, 0.6) is 0 Å². The van der Waals surface area contributed by atoms with Crippen molar-refractivity contribution in [1.29, 1.82) is 0 Å². The third kappa shape index (κ3) is 1.08. The Kier molecular flexibility index (Phi) is 1.60. The average Bonchev–Trinajstić information content (AvgIpc) is 2.47. The molecule has 0 unspecified atom stereocenters. The number of nitrogens with zero attached hydrogens (tertiary/aromatic N) is 1. The van der Waals surface area contributed by atoms with E-state index in [9.17, 15) is 0 Å². The van der Waals surface area contributed by atoms with E-state index in [2.05, 4.69) is 34.0 Å². The van der Waals surface area contributed by atoms with Crippen LogP contribution >= 0.6 is 11.5 Å². The van der Waals surface area contributed by atoms with Gasteiger partial charge in [-0.05, 0) is 17.6 Å². The van der Waals surface area contributed by atoms with Crippen LogP contribution in [0.15, 0.2) is 24.3 Å². The molecule has 2 nitrogen and oxygen atoms in total. The Morgan fingerprint density at radius 1 is 1.31 bits per heavy atom. The Bertz CT molecular complexity index is 431. The number of rotatable bonds is 1. The van der Waals surface area contributed by atoms with E-state index in [4.69, 9.17) is 0 Å². The van der Waals surface area contributed by atoms with Gasteiger partial charge in [0.15, 0.2) is 0 Å². The maximum Gasteiger partial charge on any atom is 0.0677 e. The lowest BCUT2D eigenvalue weighted by Crippen LogP contribution is -2.40. The molecule has 0 radical (unpaired) electrons. The van der Waals surface area contributed by atoms with E-state index < -0.39 is 0 Å². The largest absolute Gasteiger partial charge is 0.315 e. The summed E-state index contributed by atoms with van der Waals surface area (Å²) in [5, 5.41) is 4.63. The van der Waals surface area contributed by atoms with Crippen LogP contribution in [0.4, 0.5) is 0 Å². The number of hydrogen-bond donors (Lipinski definition) is 1. The van der Waals surface area contributed by atoms with Crippen molar-refractivity contribution in [3.63, 3.8) is 0 Å². The number of benzene rings is 1. The minimum atomic E-state index is 0.649. The summed E-state index contributed by atoms with van der Waals surface area (Å²) in [6, 6.07) is 8.48. The van der Waals surface area contributed by atoms with Gasteiger partial charge in [0.05, 0.1) is 10.4 Å². The van der Waals surface area contributed by atoms with Gasteiger partial charge in [-0.1, -0.05) is 18.2 Å². The molecule has 1 N–H and O–H groups in total. The quantitative estimate of drug-likeness (QED) is 0.743. The van der Waals surface area contributed by atoms with Gasteiger partial charge in [0.25, 0.3) is 0 Å². The van der Waals surface area contributed by atoms with Crippen molar-refractivity contribution in [3.05, 3.63) is 30.0 Å². The molecule has 2 heterocycles. The van der Waals surface area contributed by atoms with Crippen LogP contribution in [0, 0.1) is 0 Å². The lowest BCUT2D eigenvalue weighted by molar-refractivity contribution is 0.445. The summed E-state index contributed by atoms with van der Waals surface area (Å²) in [4.78, 5) is 0. The fourth-order valence-corrected chi connectivity index (χ4v) is 2.54. The topological polar surface area (TPSA) is 24.9 Å².